The monoisotopic (exact) mass is 178 g/mol. The third kappa shape index (κ3) is 3.12. The number of carbonyl (C=O) groups is 1. The first-order chi connectivity index (χ1) is 4.91. The van der Waals surface area contributed by atoms with E-state index in [1.807, 2.05) is 6.26 Å². The highest BCUT2D eigenvalue weighted by Crippen LogP contribution is 2.24. The van der Waals surface area contributed by atoms with Crippen molar-refractivity contribution in [3.63, 3.8) is 0 Å². The fourth-order valence-electron chi connectivity index (χ4n) is 0.785. The van der Waals surface area contributed by atoms with Gasteiger partial charge in [0.2, 0.25) is 0 Å². The summed E-state index contributed by atoms with van der Waals surface area (Å²) in [6.45, 7) is 3.48. The smallest absolute Gasteiger partial charge is 0.333 e. The van der Waals surface area contributed by atoms with Crippen molar-refractivity contribution in [3.05, 3.63) is 0 Å². The molecule has 0 aromatic carbocycles. The van der Waals surface area contributed by atoms with Crippen LogP contribution in [0.4, 0.5) is 0 Å². The molecule has 2 N–H and O–H groups in total. The van der Waals surface area contributed by atoms with Crippen LogP contribution in [0.2, 0.25) is 0 Å². The van der Waals surface area contributed by atoms with Gasteiger partial charge in [-0.15, -0.1) is 0 Å². The largest absolute Gasteiger partial charge is 0.479 e. The Morgan fingerprint density at radius 2 is 2.09 bits per heavy atom. The second kappa shape index (κ2) is 3.97. The fourth-order valence-corrected chi connectivity index (χ4v) is 1.69. The molecule has 0 aliphatic carbocycles. The Kier molecular flexibility index (Phi) is 3.89. The minimum atomic E-state index is -1.27. The maximum Gasteiger partial charge on any atom is 0.333 e. The van der Waals surface area contributed by atoms with Crippen LogP contribution in [0.15, 0.2) is 0 Å². The molecule has 0 aliphatic rings. The second-order valence-electron chi connectivity index (χ2n) is 3.16. The zero-order chi connectivity index (χ0) is 9.07. The molecular weight excluding hydrogens is 164 g/mol. The summed E-state index contributed by atoms with van der Waals surface area (Å²) < 4.78 is 0. The molecule has 0 fully saturated rings. The molecule has 0 aromatic rings. The molecule has 0 saturated carbocycles. The SMILES string of the molecule is CSCC(C)(C)C(O)C(=O)O. The van der Waals surface area contributed by atoms with Crippen molar-refractivity contribution < 1.29 is 15.0 Å². The van der Waals surface area contributed by atoms with Gasteiger partial charge in [-0.25, -0.2) is 4.79 Å². The average molecular weight is 178 g/mol. The van der Waals surface area contributed by atoms with E-state index in [0.29, 0.717) is 5.75 Å². The number of aliphatic hydroxyl groups is 1. The number of carboxylic acids is 1. The molecule has 4 heteroatoms. The molecule has 0 rings (SSSR count). The normalized spacial score (nSPS) is 14.5. The van der Waals surface area contributed by atoms with Crippen molar-refractivity contribution >= 4 is 17.7 Å². The summed E-state index contributed by atoms with van der Waals surface area (Å²) in [7, 11) is 0. The van der Waals surface area contributed by atoms with Crippen LogP contribution in [0, 0.1) is 5.41 Å². The van der Waals surface area contributed by atoms with Crippen LogP contribution < -0.4 is 0 Å². The highest BCUT2D eigenvalue weighted by Gasteiger charge is 2.32. The van der Waals surface area contributed by atoms with Crippen molar-refractivity contribution in [3.8, 4) is 0 Å². The molecule has 0 radical (unpaired) electrons. The van der Waals surface area contributed by atoms with Crippen LogP contribution in [0.25, 0.3) is 0 Å². The summed E-state index contributed by atoms with van der Waals surface area (Å²) in [5.41, 5.74) is -0.550. The Morgan fingerprint density at radius 1 is 1.64 bits per heavy atom. The van der Waals surface area contributed by atoms with Gasteiger partial charge in [0.1, 0.15) is 0 Å². The van der Waals surface area contributed by atoms with E-state index >= 15 is 0 Å². The lowest BCUT2D eigenvalue weighted by Crippen LogP contribution is -2.38. The summed E-state index contributed by atoms with van der Waals surface area (Å²) in [6, 6.07) is 0. The summed E-state index contributed by atoms with van der Waals surface area (Å²) in [6.07, 6.45) is 0.617. The van der Waals surface area contributed by atoms with Gasteiger partial charge in [-0.3, -0.25) is 0 Å². The third-order valence-electron chi connectivity index (χ3n) is 1.49. The minimum absolute atomic E-state index is 0.550. The highest BCUT2D eigenvalue weighted by molar-refractivity contribution is 7.98. The zero-order valence-corrected chi connectivity index (χ0v) is 7.81. The van der Waals surface area contributed by atoms with E-state index < -0.39 is 17.5 Å². The fraction of sp³-hybridized carbons (Fsp3) is 0.857. The molecule has 0 spiro atoms. The number of rotatable bonds is 4. The van der Waals surface area contributed by atoms with Crippen molar-refractivity contribution in [2.45, 2.75) is 20.0 Å². The Bertz CT molecular complexity index is 145. The van der Waals surface area contributed by atoms with E-state index in [4.69, 9.17) is 5.11 Å². The number of carboxylic acid groups (broad SMARTS) is 1. The van der Waals surface area contributed by atoms with Gasteiger partial charge in [0.15, 0.2) is 6.10 Å². The predicted molar refractivity (Wildman–Crippen MR) is 45.8 cm³/mol. The molecule has 0 heterocycles. The molecule has 1 atom stereocenters. The molecule has 0 aromatic heterocycles. The standard InChI is InChI=1S/C7H14O3S/c1-7(2,4-11-3)5(8)6(9)10/h5,8H,4H2,1-3H3,(H,9,10). The Morgan fingerprint density at radius 3 is 2.36 bits per heavy atom. The Balaban J connectivity index is 4.16. The van der Waals surface area contributed by atoms with Gasteiger partial charge >= 0.3 is 5.97 Å². The van der Waals surface area contributed by atoms with Crippen molar-refractivity contribution in [1.82, 2.24) is 0 Å². The Labute approximate surface area is 70.8 Å². The van der Waals surface area contributed by atoms with Gasteiger partial charge < -0.3 is 10.2 Å². The van der Waals surface area contributed by atoms with E-state index in [9.17, 15) is 9.90 Å². The maximum atomic E-state index is 10.4. The summed E-state index contributed by atoms with van der Waals surface area (Å²) in [4.78, 5) is 10.4. The van der Waals surface area contributed by atoms with Gasteiger partial charge in [-0.1, -0.05) is 13.8 Å². The molecule has 0 bridgehead atoms. The van der Waals surface area contributed by atoms with Crippen LogP contribution in [-0.2, 0) is 4.79 Å². The van der Waals surface area contributed by atoms with Crippen molar-refractivity contribution in [2.75, 3.05) is 12.0 Å². The quantitative estimate of drug-likeness (QED) is 0.669. The minimum Gasteiger partial charge on any atom is -0.479 e. The number of hydrogen-bond acceptors (Lipinski definition) is 3. The van der Waals surface area contributed by atoms with E-state index in [2.05, 4.69) is 0 Å². The molecular formula is C7H14O3S. The maximum absolute atomic E-state index is 10.4. The summed E-state index contributed by atoms with van der Waals surface area (Å²) in [5.74, 6) is -0.510. The summed E-state index contributed by atoms with van der Waals surface area (Å²) in [5, 5.41) is 17.7. The topological polar surface area (TPSA) is 57.5 Å². The van der Waals surface area contributed by atoms with Crippen LogP contribution in [0.5, 0.6) is 0 Å². The van der Waals surface area contributed by atoms with E-state index in [1.54, 1.807) is 13.8 Å². The molecule has 1 unspecified atom stereocenters. The highest BCUT2D eigenvalue weighted by atomic mass is 32.2. The van der Waals surface area contributed by atoms with Gasteiger partial charge in [-0.2, -0.15) is 11.8 Å². The molecule has 11 heavy (non-hydrogen) atoms. The lowest BCUT2D eigenvalue weighted by atomic mass is 9.89. The van der Waals surface area contributed by atoms with Crippen molar-refractivity contribution in [1.29, 1.82) is 0 Å². The van der Waals surface area contributed by atoms with Crippen LogP contribution >= 0.6 is 11.8 Å². The van der Waals surface area contributed by atoms with E-state index in [-0.39, 0.29) is 0 Å². The lowest BCUT2D eigenvalue weighted by molar-refractivity contribution is -0.152. The van der Waals surface area contributed by atoms with Crippen molar-refractivity contribution in [2.24, 2.45) is 5.41 Å². The molecule has 0 amide bonds. The molecule has 3 nitrogen and oxygen atoms in total. The van der Waals surface area contributed by atoms with Gasteiger partial charge in [0, 0.05) is 11.2 Å². The summed E-state index contributed by atoms with van der Waals surface area (Å²) >= 11 is 1.53. The van der Waals surface area contributed by atoms with Crippen LogP contribution in [-0.4, -0.2) is 34.3 Å². The zero-order valence-electron chi connectivity index (χ0n) is 7.00. The van der Waals surface area contributed by atoms with E-state index in [0.717, 1.165) is 0 Å². The average Bonchev–Trinajstić information content (AvgIpc) is 1.86. The van der Waals surface area contributed by atoms with E-state index in [1.165, 1.54) is 11.8 Å². The molecule has 0 saturated heterocycles. The number of hydrogen-bond donors (Lipinski definition) is 2. The predicted octanol–water partition coefficient (Wildman–Crippen LogP) is 0.821. The molecule has 66 valence electrons. The Hall–Kier alpha value is -0.220. The van der Waals surface area contributed by atoms with Gasteiger partial charge in [0.25, 0.3) is 0 Å². The first-order valence-corrected chi connectivity index (χ1v) is 4.71. The number of aliphatic carboxylic acids is 1. The first-order valence-electron chi connectivity index (χ1n) is 3.31. The lowest BCUT2D eigenvalue weighted by Gasteiger charge is -2.26. The van der Waals surface area contributed by atoms with Crippen LogP contribution in [0.1, 0.15) is 13.8 Å². The number of aliphatic hydroxyl groups excluding tert-OH is 1. The van der Waals surface area contributed by atoms with Gasteiger partial charge in [0.05, 0.1) is 0 Å². The van der Waals surface area contributed by atoms with Crippen LogP contribution in [0.3, 0.4) is 0 Å². The molecule has 0 aliphatic heterocycles. The third-order valence-corrected chi connectivity index (χ3v) is 2.52. The first kappa shape index (κ1) is 10.8. The number of thioether (sulfide) groups is 1. The second-order valence-corrected chi connectivity index (χ2v) is 4.03. The van der Waals surface area contributed by atoms with Gasteiger partial charge in [-0.05, 0) is 6.26 Å².